The molecule has 190 valence electrons. The number of benzene rings is 2. The number of hydrogen-bond donors (Lipinski definition) is 0. The quantitative estimate of drug-likeness (QED) is 0.273. The molecule has 2 aliphatic rings. The Balaban J connectivity index is 1.79. The summed E-state index contributed by atoms with van der Waals surface area (Å²) in [5.74, 6) is 0.298. The molecule has 13 heteroatoms. The fourth-order valence-electron chi connectivity index (χ4n) is 4.27. The predicted octanol–water partition coefficient (Wildman–Crippen LogP) is 2.71. The molecule has 5 rings (SSSR count). The van der Waals surface area contributed by atoms with Crippen molar-refractivity contribution >= 4 is 40.7 Å². The number of carbonyl (C=O) groups excluding carboxylic acids is 1. The van der Waals surface area contributed by atoms with E-state index in [2.05, 4.69) is 4.99 Å². The Bertz CT molecular complexity index is 1690. The fraction of sp³-hybridized carbons (Fsp3) is 0.208. The van der Waals surface area contributed by atoms with Crippen LogP contribution in [-0.2, 0) is 9.53 Å². The Kier molecular flexibility index (Phi) is 6.21. The van der Waals surface area contributed by atoms with Crippen molar-refractivity contribution in [3.8, 4) is 17.2 Å². The lowest BCUT2D eigenvalue weighted by Gasteiger charge is -2.25. The van der Waals surface area contributed by atoms with Gasteiger partial charge in [-0.25, -0.2) is 9.79 Å². The molecule has 11 nitrogen and oxygen atoms in total. The molecule has 0 aliphatic carbocycles. The van der Waals surface area contributed by atoms with E-state index in [4.69, 9.17) is 30.5 Å². The Morgan fingerprint density at radius 1 is 1.27 bits per heavy atom. The van der Waals surface area contributed by atoms with Crippen LogP contribution in [0.4, 0.5) is 5.69 Å². The topological polar surface area (TPSA) is 131 Å². The van der Waals surface area contributed by atoms with Crippen LogP contribution in [0, 0.1) is 10.1 Å². The van der Waals surface area contributed by atoms with Crippen LogP contribution in [-0.4, -0.2) is 36.5 Å². The van der Waals surface area contributed by atoms with Crippen molar-refractivity contribution in [2.45, 2.75) is 13.0 Å². The van der Waals surface area contributed by atoms with Gasteiger partial charge in [0.2, 0.25) is 6.79 Å². The van der Waals surface area contributed by atoms with Crippen LogP contribution < -0.4 is 29.1 Å². The molecule has 0 N–H and O–H groups in total. The highest BCUT2D eigenvalue weighted by molar-refractivity contribution is 7.07. The van der Waals surface area contributed by atoms with Crippen LogP contribution >= 0.6 is 22.9 Å². The Morgan fingerprint density at radius 3 is 2.68 bits per heavy atom. The molecule has 37 heavy (non-hydrogen) atoms. The summed E-state index contributed by atoms with van der Waals surface area (Å²) in [7, 11) is 2.70. The highest BCUT2D eigenvalue weighted by Gasteiger charge is 2.35. The number of nitro benzene ring substituents is 1. The molecular formula is C24H18ClN3O8S. The SMILES string of the molecule is COC(=O)C1=C(C)N=c2s/c(=C\c3cc4c(cc3[N+](=O)[O-])OCO4)c(=O)n2[C@H]1c1cc(Cl)ccc1OC. The van der Waals surface area contributed by atoms with Gasteiger partial charge in [0.1, 0.15) is 11.8 Å². The molecule has 0 bridgehead atoms. The summed E-state index contributed by atoms with van der Waals surface area (Å²) < 4.78 is 22.6. The summed E-state index contributed by atoms with van der Waals surface area (Å²) in [6.45, 7) is 1.57. The third-order valence-corrected chi connectivity index (χ3v) is 7.14. The second kappa shape index (κ2) is 9.37. The lowest BCUT2D eigenvalue weighted by atomic mass is 9.95. The van der Waals surface area contributed by atoms with Crippen LogP contribution in [0.25, 0.3) is 6.08 Å². The first-order valence-corrected chi connectivity index (χ1v) is 11.9. The van der Waals surface area contributed by atoms with Crippen molar-refractivity contribution in [2.24, 2.45) is 4.99 Å². The zero-order valence-electron chi connectivity index (χ0n) is 19.6. The number of allylic oxidation sites excluding steroid dienone is 1. The summed E-state index contributed by atoms with van der Waals surface area (Å²) >= 11 is 7.30. The number of fused-ring (bicyclic) bond motifs is 2. The molecule has 0 unspecified atom stereocenters. The summed E-state index contributed by atoms with van der Waals surface area (Å²) in [5, 5.41) is 12.1. The van der Waals surface area contributed by atoms with Gasteiger partial charge in [0.25, 0.3) is 11.2 Å². The van der Waals surface area contributed by atoms with Crippen LogP contribution in [0.1, 0.15) is 24.1 Å². The molecular weight excluding hydrogens is 526 g/mol. The van der Waals surface area contributed by atoms with Gasteiger partial charge in [-0.2, -0.15) is 0 Å². The van der Waals surface area contributed by atoms with Crippen molar-refractivity contribution in [2.75, 3.05) is 21.0 Å². The first-order valence-electron chi connectivity index (χ1n) is 10.8. The second-order valence-electron chi connectivity index (χ2n) is 7.98. The van der Waals surface area contributed by atoms with Gasteiger partial charge in [-0.15, -0.1) is 0 Å². The standard InChI is InChI=1S/C24H18ClN3O8S/c1-11-20(23(30)34-3)21(14-8-13(25)4-5-16(14)33-2)27-22(29)19(37-24(27)26-11)7-12-6-17-18(36-10-35-17)9-15(12)28(31)32/h4-9,21H,10H2,1-3H3/b19-7-/t21-/m0/s1. The molecule has 3 aromatic rings. The molecule has 0 fully saturated rings. The molecule has 2 aromatic carbocycles. The normalized spacial score (nSPS) is 16.3. The van der Waals surface area contributed by atoms with Gasteiger partial charge in [0.05, 0.1) is 46.6 Å². The third kappa shape index (κ3) is 4.13. The van der Waals surface area contributed by atoms with E-state index in [1.165, 1.54) is 37.0 Å². The predicted molar refractivity (Wildman–Crippen MR) is 133 cm³/mol. The van der Waals surface area contributed by atoms with E-state index in [0.29, 0.717) is 27.8 Å². The lowest BCUT2D eigenvalue weighted by molar-refractivity contribution is -0.385. The van der Waals surface area contributed by atoms with Crippen LogP contribution in [0.5, 0.6) is 17.2 Å². The van der Waals surface area contributed by atoms with Crippen molar-refractivity contribution in [3.05, 3.63) is 87.6 Å². The van der Waals surface area contributed by atoms with Gasteiger partial charge in [-0.1, -0.05) is 22.9 Å². The summed E-state index contributed by atoms with van der Waals surface area (Å²) in [5.41, 5.74) is 0.315. The number of nitro groups is 1. The number of methoxy groups -OCH3 is 2. The minimum Gasteiger partial charge on any atom is -0.496 e. The highest BCUT2D eigenvalue weighted by Crippen LogP contribution is 2.39. The van der Waals surface area contributed by atoms with E-state index in [9.17, 15) is 19.7 Å². The number of halogens is 1. The molecule has 0 saturated heterocycles. The number of thiazole rings is 1. The first-order chi connectivity index (χ1) is 17.7. The summed E-state index contributed by atoms with van der Waals surface area (Å²) in [6, 6.07) is 6.60. The summed E-state index contributed by atoms with van der Waals surface area (Å²) in [4.78, 5) is 42.6. The van der Waals surface area contributed by atoms with Crippen LogP contribution in [0.15, 0.2) is 51.4 Å². The largest absolute Gasteiger partial charge is 0.496 e. The number of esters is 1. The van der Waals surface area contributed by atoms with E-state index in [1.807, 2.05) is 0 Å². The van der Waals surface area contributed by atoms with E-state index < -0.39 is 22.5 Å². The highest BCUT2D eigenvalue weighted by atomic mass is 35.5. The lowest BCUT2D eigenvalue weighted by Crippen LogP contribution is -2.40. The van der Waals surface area contributed by atoms with Gasteiger partial charge in [0.15, 0.2) is 16.3 Å². The van der Waals surface area contributed by atoms with Gasteiger partial charge in [-0.3, -0.25) is 19.5 Å². The molecule has 0 amide bonds. The third-order valence-electron chi connectivity index (χ3n) is 5.92. The first kappa shape index (κ1) is 24.5. The Hall–Kier alpha value is -4.16. The molecule has 0 radical (unpaired) electrons. The second-order valence-corrected chi connectivity index (χ2v) is 9.43. The molecule has 0 saturated carbocycles. The van der Waals surface area contributed by atoms with Gasteiger partial charge >= 0.3 is 5.97 Å². The number of nitrogens with zero attached hydrogens (tertiary/aromatic N) is 3. The minimum absolute atomic E-state index is 0.0603. The van der Waals surface area contributed by atoms with E-state index in [1.54, 1.807) is 25.1 Å². The average molecular weight is 544 g/mol. The smallest absolute Gasteiger partial charge is 0.338 e. The van der Waals surface area contributed by atoms with Gasteiger partial charge in [-0.05, 0) is 37.3 Å². The van der Waals surface area contributed by atoms with E-state index in [-0.39, 0.29) is 38.7 Å². The zero-order chi connectivity index (χ0) is 26.4. The maximum absolute atomic E-state index is 13.8. The van der Waals surface area contributed by atoms with Crippen molar-refractivity contribution in [1.82, 2.24) is 4.57 Å². The number of hydrogen-bond acceptors (Lipinski definition) is 10. The van der Waals surface area contributed by atoms with Crippen molar-refractivity contribution in [1.29, 1.82) is 0 Å². The van der Waals surface area contributed by atoms with Gasteiger partial charge < -0.3 is 18.9 Å². The Labute approximate surface area is 217 Å². The maximum atomic E-state index is 13.8. The van der Waals surface area contributed by atoms with Crippen molar-refractivity contribution in [3.63, 3.8) is 0 Å². The van der Waals surface area contributed by atoms with E-state index in [0.717, 1.165) is 11.3 Å². The fourth-order valence-corrected chi connectivity index (χ4v) is 5.49. The number of ether oxygens (including phenoxy) is 4. The zero-order valence-corrected chi connectivity index (χ0v) is 21.2. The molecule has 3 heterocycles. The Morgan fingerprint density at radius 2 is 2.00 bits per heavy atom. The molecule has 1 aromatic heterocycles. The molecule has 0 spiro atoms. The number of carbonyl (C=O) groups is 1. The van der Waals surface area contributed by atoms with Crippen LogP contribution in [0.3, 0.4) is 0 Å². The molecule has 1 atom stereocenters. The number of rotatable bonds is 5. The maximum Gasteiger partial charge on any atom is 0.338 e. The van der Waals surface area contributed by atoms with Crippen molar-refractivity contribution < 1.29 is 28.7 Å². The molecule has 2 aliphatic heterocycles. The summed E-state index contributed by atoms with van der Waals surface area (Å²) in [6.07, 6.45) is 1.40. The van der Waals surface area contributed by atoms with Crippen LogP contribution in [0.2, 0.25) is 5.02 Å². The van der Waals surface area contributed by atoms with Gasteiger partial charge in [0, 0.05) is 10.6 Å². The average Bonchev–Trinajstić information content (AvgIpc) is 3.45. The van der Waals surface area contributed by atoms with E-state index >= 15 is 0 Å². The monoisotopic (exact) mass is 543 g/mol. The number of aromatic nitrogens is 1. The minimum atomic E-state index is -0.966.